The van der Waals surface area contributed by atoms with Gasteiger partial charge < -0.3 is 4.90 Å². The summed E-state index contributed by atoms with van der Waals surface area (Å²) in [5.74, 6) is -0.326. The van der Waals surface area contributed by atoms with Crippen molar-refractivity contribution in [2.24, 2.45) is 7.05 Å². The van der Waals surface area contributed by atoms with Crippen molar-refractivity contribution in [2.45, 2.75) is 27.5 Å². The Bertz CT molecular complexity index is 2030. The van der Waals surface area contributed by atoms with Gasteiger partial charge in [-0.3, -0.25) is 4.55 Å². The van der Waals surface area contributed by atoms with Gasteiger partial charge in [-0.15, -0.1) is 4.13 Å². The number of hydrogen-bond acceptors (Lipinski definition) is 9. The average Bonchev–Trinajstić information content (AvgIpc) is 3.42. The van der Waals surface area contributed by atoms with Crippen molar-refractivity contribution in [1.82, 2.24) is 4.13 Å². The van der Waals surface area contributed by atoms with E-state index in [2.05, 4.69) is 0 Å². The highest BCUT2D eigenvalue weighted by Crippen LogP contribution is 2.48. The number of sulfonamides is 2. The molecule has 4 aromatic rings. The van der Waals surface area contributed by atoms with Crippen LogP contribution in [0.5, 0.6) is 0 Å². The van der Waals surface area contributed by atoms with Crippen LogP contribution in [0.1, 0.15) is 17.8 Å². The number of rotatable bonds is 10. The highest BCUT2D eigenvalue weighted by atomic mass is 35.5. The fourth-order valence-electron chi connectivity index (χ4n) is 4.35. The lowest BCUT2D eigenvalue weighted by molar-refractivity contribution is -0.642. The third-order valence-electron chi connectivity index (χ3n) is 6.39. The lowest BCUT2D eigenvalue weighted by Crippen LogP contribution is -2.32. The van der Waals surface area contributed by atoms with Gasteiger partial charge in [0.2, 0.25) is 5.52 Å². The van der Waals surface area contributed by atoms with Crippen LogP contribution in [0, 0.1) is 0 Å². The molecule has 0 radical (unpaired) electrons. The number of anilines is 1. The van der Waals surface area contributed by atoms with Gasteiger partial charge in [0.1, 0.15) is 11.7 Å². The second-order valence-electron chi connectivity index (χ2n) is 9.37. The van der Waals surface area contributed by atoms with Crippen LogP contribution < -0.4 is 13.6 Å². The van der Waals surface area contributed by atoms with Gasteiger partial charge in [0.15, 0.2) is 0 Å². The summed E-state index contributed by atoms with van der Waals surface area (Å²) in [5, 5.41) is 2.22. The minimum absolute atomic E-state index is 0.163. The van der Waals surface area contributed by atoms with Gasteiger partial charge in [0.05, 0.1) is 32.3 Å². The van der Waals surface area contributed by atoms with Crippen LogP contribution in [-0.2, 0) is 37.2 Å². The van der Waals surface area contributed by atoms with Crippen molar-refractivity contribution in [1.29, 1.82) is 0 Å². The highest BCUT2D eigenvalue weighted by Gasteiger charge is 2.29. The van der Waals surface area contributed by atoms with Gasteiger partial charge in [-0.2, -0.15) is 13.0 Å². The predicted octanol–water partition coefficient (Wildman–Crippen LogP) is 4.63. The van der Waals surface area contributed by atoms with E-state index >= 15 is 0 Å². The van der Waals surface area contributed by atoms with Crippen molar-refractivity contribution < 1.29 is 34.4 Å². The number of halogens is 1. The summed E-state index contributed by atoms with van der Waals surface area (Å²) in [6.45, 7) is 0.486. The first kappa shape index (κ1) is 30.9. The third kappa shape index (κ3) is 6.83. The Hall–Kier alpha value is -2.50. The molecule has 0 fully saturated rings. The first-order chi connectivity index (χ1) is 19.7. The van der Waals surface area contributed by atoms with Gasteiger partial charge in [-0.05, 0) is 55.3 Å². The van der Waals surface area contributed by atoms with Gasteiger partial charge in [-0.25, -0.2) is 16.8 Å². The lowest BCUT2D eigenvalue weighted by atomic mass is 10.2. The second kappa shape index (κ2) is 11.9. The molecular weight excluding hydrogens is 662 g/mol. The van der Waals surface area contributed by atoms with Crippen LogP contribution in [0.25, 0.3) is 16.3 Å². The van der Waals surface area contributed by atoms with Crippen molar-refractivity contribution >= 4 is 86.8 Å². The van der Waals surface area contributed by atoms with Crippen LogP contribution in [0.4, 0.5) is 5.69 Å². The van der Waals surface area contributed by atoms with Gasteiger partial charge >= 0.3 is 0 Å². The number of hydrogen-bond donors (Lipinski definition) is 2. The molecular formula is C26H25ClN3O7S5+. The monoisotopic (exact) mass is 686 g/mol. The van der Waals surface area contributed by atoms with E-state index in [1.165, 1.54) is 59.5 Å². The molecule has 0 atom stereocenters. The highest BCUT2D eigenvalue weighted by molar-refractivity contribution is 8.04. The number of benzene rings is 3. The molecule has 16 heteroatoms. The number of nitrogens with zero attached hydrogens (tertiary/aromatic N) is 2. The molecule has 2 heterocycles. The number of nitrogens with one attached hydrogen (secondary N) is 1. The molecule has 1 aromatic heterocycles. The Kier molecular flexibility index (Phi) is 8.75. The fourth-order valence-corrected chi connectivity index (χ4v) is 10.3. The summed E-state index contributed by atoms with van der Waals surface area (Å²) >= 11 is 9.21. The molecule has 1 aliphatic rings. The molecule has 0 bridgehead atoms. The van der Waals surface area contributed by atoms with Crippen LogP contribution in [0.2, 0.25) is 5.02 Å². The molecule has 10 nitrogen and oxygen atoms in total. The van der Waals surface area contributed by atoms with E-state index in [-0.39, 0.29) is 22.0 Å². The first-order valence-electron chi connectivity index (χ1n) is 12.4. The van der Waals surface area contributed by atoms with Crippen molar-refractivity contribution in [3.05, 3.63) is 81.8 Å². The molecule has 1 aliphatic heterocycles. The number of fused-ring (bicyclic) bond motifs is 2. The smallest absolute Gasteiger partial charge is 0.265 e. The van der Waals surface area contributed by atoms with Gasteiger partial charge in [0, 0.05) is 22.5 Å². The summed E-state index contributed by atoms with van der Waals surface area (Å²) in [4.78, 5) is 2.65. The molecule has 0 unspecified atom stereocenters. The van der Waals surface area contributed by atoms with E-state index in [4.69, 9.17) is 16.2 Å². The molecule has 0 amide bonds. The van der Waals surface area contributed by atoms with E-state index in [9.17, 15) is 25.3 Å². The molecule has 0 saturated heterocycles. The summed E-state index contributed by atoms with van der Waals surface area (Å²) in [7, 11) is -11.0. The Labute approximate surface area is 257 Å². The van der Waals surface area contributed by atoms with Gasteiger partial charge in [0.25, 0.3) is 35.2 Å². The molecule has 0 aliphatic carbocycles. The number of thioether (sulfide) groups is 1. The zero-order chi connectivity index (χ0) is 30.3. The lowest BCUT2D eigenvalue weighted by Gasteiger charge is -2.20. The molecule has 3 aromatic carbocycles. The van der Waals surface area contributed by atoms with Crippen LogP contribution in [0.15, 0.2) is 86.4 Å². The maximum Gasteiger partial charge on any atom is 0.265 e. The summed E-state index contributed by atoms with van der Waals surface area (Å²) < 4.78 is 87.3. The normalized spacial score (nSPS) is 15.0. The third-order valence-corrected chi connectivity index (χ3v) is 13.2. The van der Waals surface area contributed by atoms with E-state index in [1.54, 1.807) is 25.2 Å². The SMILES string of the molecule is C[n+]1c(C=C2Sc3ccc(Cl)cc3N2CCCCS(=O)(=O)O)sc2ccc(S(=O)(=O)NS(=O)(=O)c3ccccc3)cc21. The summed E-state index contributed by atoms with van der Waals surface area (Å²) in [6, 6.07) is 17.2. The molecule has 2 N–H and O–H groups in total. The zero-order valence-corrected chi connectivity index (χ0v) is 26.8. The van der Waals surface area contributed by atoms with Crippen LogP contribution in [-0.4, -0.2) is 42.1 Å². The Balaban J connectivity index is 1.45. The Morgan fingerprint density at radius 1 is 0.929 bits per heavy atom. The molecule has 0 spiro atoms. The van der Waals surface area contributed by atoms with Gasteiger partial charge in [-0.1, -0.05) is 52.9 Å². The largest absolute Gasteiger partial charge is 0.335 e. The first-order valence-corrected chi connectivity index (χ1v) is 19.0. The zero-order valence-electron chi connectivity index (χ0n) is 22.0. The number of aromatic nitrogens is 1. The fraction of sp³-hybridized carbons (Fsp3) is 0.192. The number of unbranched alkanes of at least 4 members (excludes halogenated alkanes) is 1. The van der Waals surface area contributed by atoms with Crippen LogP contribution in [0.3, 0.4) is 0 Å². The molecule has 42 heavy (non-hydrogen) atoms. The minimum Gasteiger partial charge on any atom is -0.335 e. The van der Waals surface area contributed by atoms with E-state index < -0.39 is 30.2 Å². The average molecular weight is 687 g/mol. The minimum atomic E-state index is -4.41. The molecule has 222 valence electrons. The second-order valence-corrected chi connectivity index (χ2v) is 17.1. The van der Waals surface area contributed by atoms with E-state index in [0.29, 0.717) is 23.5 Å². The molecule has 5 rings (SSSR count). The summed E-state index contributed by atoms with van der Waals surface area (Å²) in [5.41, 5.74) is 1.48. The summed E-state index contributed by atoms with van der Waals surface area (Å²) in [6.07, 6.45) is 2.74. The van der Waals surface area contributed by atoms with Crippen molar-refractivity contribution in [3.8, 4) is 0 Å². The standard InChI is InChI=1S/C26H24ClN3O7S5/c1-29-21-16-20(42(36,37)28-41(34,35)19-7-3-2-4-8-19)10-12-23(21)38-25(29)17-26-30(13-5-6-14-40(31,32)33)22-15-18(27)9-11-24(22)39-26/h2-4,7-12,15-17,28H,5-6,13-14H2,1H3/p+1. The van der Waals surface area contributed by atoms with Crippen molar-refractivity contribution in [3.63, 3.8) is 0 Å². The van der Waals surface area contributed by atoms with Crippen molar-refractivity contribution in [2.75, 3.05) is 17.2 Å². The maximum atomic E-state index is 13.1. The maximum absolute atomic E-state index is 13.1. The Morgan fingerprint density at radius 2 is 1.64 bits per heavy atom. The number of thiazole rings is 1. The number of aryl methyl sites for hydroxylation is 1. The van der Waals surface area contributed by atoms with E-state index in [0.717, 1.165) is 25.3 Å². The molecule has 0 saturated carbocycles. The predicted molar refractivity (Wildman–Crippen MR) is 165 cm³/mol. The van der Waals surface area contributed by atoms with E-state index in [1.807, 2.05) is 31.8 Å². The quantitative estimate of drug-likeness (QED) is 0.139. The Morgan fingerprint density at radius 3 is 2.36 bits per heavy atom. The van der Waals surface area contributed by atoms with Crippen LogP contribution >= 0.6 is 34.7 Å². The topological polar surface area (TPSA) is 142 Å².